The van der Waals surface area contributed by atoms with E-state index < -0.39 is 0 Å². The lowest BCUT2D eigenvalue weighted by Gasteiger charge is -2.15. The number of nitrogens with one attached hydrogen (secondary N) is 1. The Labute approximate surface area is 99.6 Å². The van der Waals surface area contributed by atoms with E-state index in [0.717, 1.165) is 25.9 Å². The van der Waals surface area contributed by atoms with Crippen molar-refractivity contribution in [1.82, 2.24) is 19.8 Å². The smallest absolute Gasteiger partial charge is 0.326 e. The molecule has 0 radical (unpaired) electrons. The van der Waals surface area contributed by atoms with Gasteiger partial charge in [0.25, 0.3) is 0 Å². The van der Waals surface area contributed by atoms with E-state index in [0.29, 0.717) is 13.0 Å². The zero-order valence-electron chi connectivity index (χ0n) is 9.63. The second-order valence-corrected chi connectivity index (χ2v) is 4.04. The highest BCUT2D eigenvalue weighted by atomic mass is 16.2. The minimum atomic E-state index is -0.253. The van der Waals surface area contributed by atoms with Gasteiger partial charge in [0.05, 0.1) is 0 Å². The van der Waals surface area contributed by atoms with Crippen molar-refractivity contribution < 1.29 is 9.59 Å². The van der Waals surface area contributed by atoms with E-state index in [2.05, 4.69) is 10.3 Å². The minimum absolute atomic E-state index is 0.119. The van der Waals surface area contributed by atoms with Crippen LogP contribution in [0.3, 0.4) is 0 Å². The van der Waals surface area contributed by atoms with Crippen molar-refractivity contribution in [3.8, 4) is 0 Å². The Hall–Kier alpha value is -1.85. The van der Waals surface area contributed by atoms with E-state index in [1.165, 1.54) is 17.1 Å². The lowest BCUT2D eigenvalue weighted by molar-refractivity contribution is -0.129. The summed E-state index contributed by atoms with van der Waals surface area (Å²) < 4.78 is 1.35. The molecule has 0 aliphatic carbocycles. The van der Waals surface area contributed by atoms with E-state index in [9.17, 15) is 9.59 Å². The van der Waals surface area contributed by atoms with Crippen LogP contribution >= 0.6 is 0 Å². The third-order valence-corrected chi connectivity index (χ3v) is 2.81. The maximum absolute atomic E-state index is 11.7. The van der Waals surface area contributed by atoms with E-state index in [4.69, 9.17) is 0 Å². The normalized spacial score (nSPS) is 14.9. The number of hydrogen-bond acceptors (Lipinski definition) is 3. The second-order valence-electron chi connectivity index (χ2n) is 4.04. The van der Waals surface area contributed by atoms with Gasteiger partial charge in [0.2, 0.25) is 5.91 Å². The maximum atomic E-state index is 11.7. The molecule has 1 N–H and O–H groups in total. The highest BCUT2D eigenvalue weighted by Gasteiger charge is 2.17. The van der Waals surface area contributed by atoms with Crippen molar-refractivity contribution >= 4 is 11.9 Å². The molecule has 17 heavy (non-hydrogen) atoms. The molecule has 2 amide bonds. The number of hydrogen-bond donors (Lipinski definition) is 1. The van der Waals surface area contributed by atoms with Crippen molar-refractivity contribution in [2.24, 2.45) is 0 Å². The molecule has 6 heteroatoms. The fourth-order valence-electron chi connectivity index (χ4n) is 1.87. The van der Waals surface area contributed by atoms with Gasteiger partial charge in [0, 0.05) is 38.4 Å². The molecule has 92 valence electrons. The Balaban J connectivity index is 1.69. The molecule has 0 saturated carbocycles. The van der Waals surface area contributed by atoms with Crippen LogP contribution in [0, 0.1) is 0 Å². The molecule has 1 aliphatic heterocycles. The Morgan fingerprint density at radius 1 is 1.29 bits per heavy atom. The maximum Gasteiger partial charge on any atom is 0.326 e. The third kappa shape index (κ3) is 3.05. The standard InChI is InChI=1S/C11H16N4O2/c16-10(14-6-1-2-7-14)3-4-13-11(17)15-8-5-12-9-15/h5,8-9H,1-4,6-7H2,(H,13,17). The molecular formula is C11H16N4O2. The van der Waals surface area contributed by atoms with Gasteiger partial charge in [-0.15, -0.1) is 0 Å². The van der Waals surface area contributed by atoms with Gasteiger partial charge in [-0.3, -0.25) is 9.36 Å². The number of carbonyl (C=O) groups excluding carboxylic acids is 2. The molecule has 2 heterocycles. The van der Waals surface area contributed by atoms with Crippen molar-refractivity contribution in [2.45, 2.75) is 19.3 Å². The number of amides is 2. The molecule has 1 saturated heterocycles. The summed E-state index contributed by atoms with van der Waals surface area (Å²) in [5.41, 5.74) is 0. The van der Waals surface area contributed by atoms with Crippen LogP contribution in [0.2, 0.25) is 0 Å². The SMILES string of the molecule is O=C(CCNC(=O)n1ccnc1)N1CCCC1. The van der Waals surface area contributed by atoms with Crippen molar-refractivity contribution in [1.29, 1.82) is 0 Å². The first-order valence-electron chi connectivity index (χ1n) is 5.81. The van der Waals surface area contributed by atoms with Crippen LogP contribution < -0.4 is 5.32 Å². The van der Waals surface area contributed by atoms with Gasteiger partial charge in [0.1, 0.15) is 6.33 Å². The summed E-state index contributed by atoms with van der Waals surface area (Å²) in [7, 11) is 0. The van der Waals surface area contributed by atoms with Gasteiger partial charge in [-0.2, -0.15) is 0 Å². The summed E-state index contributed by atoms with van der Waals surface area (Å²) in [4.78, 5) is 28.8. The third-order valence-electron chi connectivity index (χ3n) is 2.81. The van der Waals surface area contributed by atoms with Gasteiger partial charge < -0.3 is 10.2 Å². The zero-order chi connectivity index (χ0) is 12.1. The van der Waals surface area contributed by atoms with Crippen molar-refractivity contribution in [3.63, 3.8) is 0 Å². The summed E-state index contributed by atoms with van der Waals surface area (Å²) in [5, 5.41) is 2.68. The summed E-state index contributed by atoms with van der Waals surface area (Å²) >= 11 is 0. The fraction of sp³-hybridized carbons (Fsp3) is 0.545. The van der Waals surface area contributed by atoms with Crippen LogP contribution in [0.1, 0.15) is 19.3 Å². The predicted molar refractivity (Wildman–Crippen MR) is 61.5 cm³/mol. The molecule has 1 aromatic heterocycles. The number of imidazole rings is 1. The summed E-state index contributed by atoms with van der Waals surface area (Å²) in [5.74, 6) is 0.119. The van der Waals surface area contributed by atoms with E-state index in [-0.39, 0.29) is 11.9 Å². The second kappa shape index (κ2) is 5.47. The highest BCUT2D eigenvalue weighted by molar-refractivity contribution is 5.79. The van der Waals surface area contributed by atoms with Crippen LogP contribution in [-0.4, -0.2) is 46.0 Å². The highest BCUT2D eigenvalue weighted by Crippen LogP contribution is 2.08. The van der Waals surface area contributed by atoms with Crippen LogP contribution in [0.4, 0.5) is 4.79 Å². The number of rotatable bonds is 3. The molecule has 2 rings (SSSR count). The van der Waals surface area contributed by atoms with Crippen LogP contribution in [-0.2, 0) is 4.79 Å². The molecule has 0 bridgehead atoms. The monoisotopic (exact) mass is 236 g/mol. The number of nitrogens with zero attached hydrogens (tertiary/aromatic N) is 3. The van der Waals surface area contributed by atoms with E-state index in [1.54, 1.807) is 6.20 Å². The van der Waals surface area contributed by atoms with E-state index >= 15 is 0 Å². The fourth-order valence-corrected chi connectivity index (χ4v) is 1.87. The number of likely N-dealkylation sites (tertiary alicyclic amines) is 1. The average Bonchev–Trinajstić information content (AvgIpc) is 3.02. The van der Waals surface area contributed by atoms with Gasteiger partial charge in [-0.1, -0.05) is 0 Å². The Kier molecular flexibility index (Phi) is 3.74. The first-order valence-corrected chi connectivity index (χ1v) is 5.81. The topological polar surface area (TPSA) is 67.2 Å². The average molecular weight is 236 g/mol. The van der Waals surface area contributed by atoms with Gasteiger partial charge >= 0.3 is 6.03 Å². The van der Waals surface area contributed by atoms with E-state index in [1.807, 2.05) is 4.90 Å². The first kappa shape index (κ1) is 11.6. The van der Waals surface area contributed by atoms with Crippen LogP contribution in [0.5, 0.6) is 0 Å². The Morgan fingerprint density at radius 3 is 2.71 bits per heavy atom. The van der Waals surface area contributed by atoms with Gasteiger partial charge in [-0.25, -0.2) is 9.78 Å². The molecule has 1 aromatic rings. The minimum Gasteiger partial charge on any atom is -0.343 e. The molecule has 0 atom stereocenters. The lowest BCUT2D eigenvalue weighted by atomic mass is 10.3. The van der Waals surface area contributed by atoms with Crippen molar-refractivity contribution in [3.05, 3.63) is 18.7 Å². The van der Waals surface area contributed by atoms with Crippen LogP contribution in [0.15, 0.2) is 18.7 Å². The number of aromatic nitrogens is 2. The lowest BCUT2D eigenvalue weighted by Crippen LogP contribution is -2.34. The molecule has 6 nitrogen and oxygen atoms in total. The molecule has 1 fully saturated rings. The Bertz CT molecular complexity index is 382. The Morgan fingerprint density at radius 2 is 2.06 bits per heavy atom. The predicted octanol–water partition coefficient (Wildman–Crippen LogP) is 0.453. The summed E-state index contributed by atoms with van der Waals surface area (Å²) in [6, 6.07) is -0.253. The quantitative estimate of drug-likeness (QED) is 0.828. The molecular weight excluding hydrogens is 220 g/mol. The van der Waals surface area contributed by atoms with Crippen molar-refractivity contribution in [2.75, 3.05) is 19.6 Å². The van der Waals surface area contributed by atoms with Gasteiger partial charge in [0.15, 0.2) is 0 Å². The molecule has 0 spiro atoms. The van der Waals surface area contributed by atoms with Gasteiger partial charge in [-0.05, 0) is 12.8 Å². The zero-order valence-corrected chi connectivity index (χ0v) is 9.63. The molecule has 1 aliphatic rings. The number of carbonyl (C=O) groups is 2. The molecule has 0 aromatic carbocycles. The summed E-state index contributed by atoms with van der Waals surface area (Å²) in [6.45, 7) is 2.08. The van der Waals surface area contributed by atoms with Crippen LogP contribution in [0.25, 0.3) is 0 Å². The summed E-state index contributed by atoms with van der Waals surface area (Å²) in [6.07, 6.45) is 7.07. The molecule has 0 unspecified atom stereocenters. The first-order chi connectivity index (χ1) is 8.27. The largest absolute Gasteiger partial charge is 0.343 e.